The second kappa shape index (κ2) is 7.52. The van der Waals surface area contributed by atoms with E-state index in [4.69, 9.17) is 27.9 Å². The van der Waals surface area contributed by atoms with Crippen LogP contribution in [0.25, 0.3) is 0 Å². The minimum atomic E-state index is -0.109. The predicted molar refractivity (Wildman–Crippen MR) is 89.6 cm³/mol. The standard InChI is InChI=1S/C17H17Cl2NO2/c1-12(13-4-3-5-15(19)10-13)20(2)17(21)11-22-16-8-6-14(18)7-9-16/h3-10,12H,11H2,1-2H3. The number of amides is 1. The Labute approximate surface area is 140 Å². The maximum Gasteiger partial charge on any atom is 0.260 e. The van der Waals surface area contributed by atoms with Gasteiger partial charge in [-0.15, -0.1) is 0 Å². The molecule has 0 fully saturated rings. The van der Waals surface area contributed by atoms with E-state index in [-0.39, 0.29) is 18.6 Å². The van der Waals surface area contributed by atoms with Crippen LogP contribution in [0.3, 0.4) is 0 Å². The molecule has 0 aromatic heterocycles. The molecule has 0 spiro atoms. The van der Waals surface area contributed by atoms with E-state index in [1.165, 1.54) is 0 Å². The number of halogens is 2. The predicted octanol–water partition coefficient (Wildman–Crippen LogP) is 4.59. The molecule has 0 aliphatic heterocycles. The van der Waals surface area contributed by atoms with Crippen LogP contribution in [0.4, 0.5) is 0 Å². The molecule has 0 saturated heterocycles. The molecule has 2 rings (SSSR count). The Bertz CT molecular complexity index is 643. The van der Waals surface area contributed by atoms with Crippen molar-refractivity contribution in [3.05, 3.63) is 64.1 Å². The smallest absolute Gasteiger partial charge is 0.260 e. The lowest BCUT2D eigenvalue weighted by atomic mass is 10.1. The summed E-state index contributed by atoms with van der Waals surface area (Å²) < 4.78 is 5.48. The fourth-order valence-corrected chi connectivity index (χ4v) is 2.31. The van der Waals surface area contributed by atoms with Crippen molar-refractivity contribution in [1.82, 2.24) is 4.90 Å². The van der Waals surface area contributed by atoms with Crippen LogP contribution in [-0.4, -0.2) is 24.5 Å². The highest BCUT2D eigenvalue weighted by molar-refractivity contribution is 6.30. The van der Waals surface area contributed by atoms with Gasteiger partial charge in [-0.25, -0.2) is 0 Å². The van der Waals surface area contributed by atoms with Crippen LogP contribution >= 0.6 is 23.2 Å². The van der Waals surface area contributed by atoms with Gasteiger partial charge in [0.05, 0.1) is 6.04 Å². The molecule has 3 nitrogen and oxygen atoms in total. The molecule has 22 heavy (non-hydrogen) atoms. The number of carbonyl (C=O) groups excluding carboxylic acids is 1. The molecule has 0 aliphatic carbocycles. The summed E-state index contributed by atoms with van der Waals surface area (Å²) in [7, 11) is 1.75. The molecule has 0 heterocycles. The Hall–Kier alpha value is -1.71. The largest absolute Gasteiger partial charge is 0.484 e. The van der Waals surface area contributed by atoms with E-state index >= 15 is 0 Å². The van der Waals surface area contributed by atoms with Crippen molar-refractivity contribution in [3.8, 4) is 5.75 Å². The Kier molecular flexibility index (Phi) is 5.69. The van der Waals surface area contributed by atoms with E-state index < -0.39 is 0 Å². The summed E-state index contributed by atoms with van der Waals surface area (Å²) in [5.74, 6) is 0.504. The van der Waals surface area contributed by atoms with Crippen molar-refractivity contribution in [1.29, 1.82) is 0 Å². The summed E-state index contributed by atoms with van der Waals surface area (Å²) in [6.07, 6.45) is 0. The first-order valence-electron chi connectivity index (χ1n) is 6.87. The first-order valence-corrected chi connectivity index (χ1v) is 7.62. The Balaban J connectivity index is 1.95. The number of rotatable bonds is 5. The number of nitrogens with zero attached hydrogens (tertiary/aromatic N) is 1. The van der Waals surface area contributed by atoms with Gasteiger partial charge in [0.1, 0.15) is 5.75 Å². The van der Waals surface area contributed by atoms with Crippen molar-refractivity contribution in [3.63, 3.8) is 0 Å². The summed E-state index contributed by atoms with van der Waals surface area (Å²) in [6.45, 7) is 1.93. The zero-order chi connectivity index (χ0) is 16.1. The molecule has 116 valence electrons. The van der Waals surface area contributed by atoms with Crippen LogP contribution in [0.15, 0.2) is 48.5 Å². The quantitative estimate of drug-likeness (QED) is 0.798. The van der Waals surface area contributed by atoms with Gasteiger partial charge in [0.15, 0.2) is 6.61 Å². The first-order chi connectivity index (χ1) is 10.5. The average molecular weight is 338 g/mol. The third-order valence-corrected chi connectivity index (χ3v) is 3.97. The Morgan fingerprint density at radius 3 is 2.45 bits per heavy atom. The van der Waals surface area contributed by atoms with Crippen molar-refractivity contribution in [2.45, 2.75) is 13.0 Å². The molecule has 5 heteroatoms. The average Bonchev–Trinajstić information content (AvgIpc) is 2.52. The number of likely N-dealkylation sites (N-methyl/N-ethyl adjacent to an activating group) is 1. The van der Waals surface area contributed by atoms with Crippen LogP contribution in [0.1, 0.15) is 18.5 Å². The van der Waals surface area contributed by atoms with Crippen molar-refractivity contribution >= 4 is 29.1 Å². The highest BCUT2D eigenvalue weighted by Gasteiger charge is 2.18. The monoisotopic (exact) mass is 337 g/mol. The van der Waals surface area contributed by atoms with Gasteiger partial charge in [0.25, 0.3) is 5.91 Å². The highest BCUT2D eigenvalue weighted by Crippen LogP contribution is 2.22. The lowest BCUT2D eigenvalue weighted by Gasteiger charge is -2.25. The molecule has 0 saturated carbocycles. The summed E-state index contributed by atoms with van der Waals surface area (Å²) in [6, 6.07) is 14.3. The van der Waals surface area contributed by atoms with Gasteiger partial charge in [0, 0.05) is 17.1 Å². The van der Waals surface area contributed by atoms with Crippen LogP contribution in [-0.2, 0) is 4.79 Å². The van der Waals surface area contributed by atoms with Gasteiger partial charge >= 0.3 is 0 Å². The maximum atomic E-state index is 12.2. The molecule has 0 aliphatic rings. The van der Waals surface area contributed by atoms with E-state index in [9.17, 15) is 4.79 Å². The zero-order valence-corrected chi connectivity index (χ0v) is 13.9. The number of benzene rings is 2. The van der Waals surface area contributed by atoms with E-state index in [1.54, 1.807) is 36.2 Å². The zero-order valence-electron chi connectivity index (χ0n) is 12.4. The van der Waals surface area contributed by atoms with E-state index in [1.807, 2.05) is 31.2 Å². The van der Waals surface area contributed by atoms with Crippen LogP contribution in [0.5, 0.6) is 5.75 Å². The number of ether oxygens (including phenoxy) is 1. The molecule has 0 bridgehead atoms. The molecule has 1 amide bonds. The molecular weight excluding hydrogens is 321 g/mol. The van der Waals surface area contributed by atoms with Gasteiger partial charge < -0.3 is 9.64 Å². The number of carbonyl (C=O) groups is 1. The Morgan fingerprint density at radius 1 is 1.14 bits per heavy atom. The molecule has 1 atom stereocenters. The summed E-state index contributed by atoms with van der Waals surface area (Å²) >= 11 is 11.8. The van der Waals surface area contributed by atoms with Gasteiger partial charge in [-0.05, 0) is 48.9 Å². The minimum Gasteiger partial charge on any atom is -0.484 e. The van der Waals surface area contributed by atoms with Crippen molar-refractivity contribution < 1.29 is 9.53 Å². The van der Waals surface area contributed by atoms with Crippen LogP contribution < -0.4 is 4.74 Å². The van der Waals surface area contributed by atoms with Gasteiger partial charge in [0.2, 0.25) is 0 Å². The SMILES string of the molecule is CC(c1cccc(Cl)c1)N(C)C(=O)COc1ccc(Cl)cc1. The summed E-state index contributed by atoms with van der Waals surface area (Å²) in [5, 5.41) is 1.29. The lowest BCUT2D eigenvalue weighted by molar-refractivity contribution is -0.134. The number of hydrogen-bond donors (Lipinski definition) is 0. The molecule has 2 aromatic rings. The van der Waals surface area contributed by atoms with E-state index in [0.717, 1.165) is 5.56 Å². The second-order valence-electron chi connectivity index (χ2n) is 4.98. The Morgan fingerprint density at radius 2 is 1.82 bits per heavy atom. The fraction of sp³-hybridized carbons (Fsp3) is 0.235. The molecule has 1 unspecified atom stereocenters. The van der Waals surface area contributed by atoms with Gasteiger partial charge in [-0.1, -0.05) is 35.3 Å². The van der Waals surface area contributed by atoms with Crippen LogP contribution in [0, 0.1) is 0 Å². The minimum absolute atomic E-state index is 0.0248. The van der Waals surface area contributed by atoms with E-state index in [2.05, 4.69) is 0 Å². The van der Waals surface area contributed by atoms with Gasteiger partial charge in [-0.2, -0.15) is 0 Å². The van der Waals surface area contributed by atoms with E-state index in [0.29, 0.717) is 15.8 Å². The molecule has 0 N–H and O–H groups in total. The topological polar surface area (TPSA) is 29.5 Å². The second-order valence-corrected chi connectivity index (χ2v) is 5.85. The molecule has 0 radical (unpaired) electrons. The molecule has 2 aromatic carbocycles. The third-order valence-electron chi connectivity index (χ3n) is 3.48. The molecular formula is C17H17Cl2NO2. The van der Waals surface area contributed by atoms with Crippen molar-refractivity contribution in [2.75, 3.05) is 13.7 Å². The first kappa shape index (κ1) is 16.7. The van der Waals surface area contributed by atoms with Gasteiger partial charge in [-0.3, -0.25) is 4.79 Å². The van der Waals surface area contributed by atoms with Crippen molar-refractivity contribution in [2.24, 2.45) is 0 Å². The number of hydrogen-bond acceptors (Lipinski definition) is 2. The summed E-state index contributed by atoms with van der Waals surface area (Å²) in [5.41, 5.74) is 0.981. The summed E-state index contributed by atoms with van der Waals surface area (Å²) in [4.78, 5) is 13.9. The maximum absolute atomic E-state index is 12.2. The lowest BCUT2D eigenvalue weighted by Crippen LogP contribution is -2.33. The third kappa shape index (κ3) is 4.39. The van der Waals surface area contributed by atoms with Crippen LogP contribution in [0.2, 0.25) is 10.0 Å². The highest BCUT2D eigenvalue weighted by atomic mass is 35.5. The normalized spacial score (nSPS) is 11.8. The fourth-order valence-electron chi connectivity index (χ4n) is 1.98.